The Bertz CT molecular complexity index is 629. The number of carbonyl (C=O) groups is 2. The summed E-state index contributed by atoms with van der Waals surface area (Å²) in [6.45, 7) is 0.134. The second-order valence-electron chi connectivity index (χ2n) is 3.73. The van der Waals surface area contributed by atoms with Crippen LogP contribution in [0.1, 0.15) is 16.2 Å². The number of aromatic carboxylic acids is 1. The normalized spacial score (nSPS) is 10.1. The van der Waals surface area contributed by atoms with Gasteiger partial charge in [-0.05, 0) is 18.2 Å². The highest BCUT2D eigenvalue weighted by Crippen LogP contribution is 2.21. The van der Waals surface area contributed by atoms with Crippen LogP contribution in [0, 0.1) is 0 Å². The van der Waals surface area contributed by atoms with E-state index in [1.54, 1.807) is 0 Å². The number of aromatic amines is 1. The van der Waals surface area contributed by atoms with E-state index in [2.05, 4.69) is 25.8 Å². The molecule has 0 aliphatic rings. The molecule has 1 heterocycles. The molecule has 2 amide bonds. The van der Waals surface area contributed by atoms with Crippen molar-refractivity contribution < 1.29 is 14.7 Å². The van der Waals surface area contributed by atoms with E-state index in [9.17, 15) is 9.59 Å². The Morgan fingerprint density at radius 2 is 2.20 bits per heavy atom. The third-order valence-corrected chi connectivity index (χ3v) is 2.58. The molecule has 0 unspecified atom stereocenters. The number of carboxylic acids is 1. The van der Waals surface area contributed by atoms with Crippen LogP contribution in [0.3, 0.4) is 0 Å². The highest BCUT2D eigenvalue weighted by atomic mass is 35.5. The zero-order valence-corrected chi connectivity index (χ0v) is 10.8. The fraction of sp³-hybridized carbons (Fsp3) is 0.0909. The second-order valence-corrected chi connectivity index (χ2v) is 4.17. The number of nitrogens with one attached hydrogen (secondary N) is 3. The molecule has 104 valence electrons. The van der Waals surface area contributed by atoms with Gasteiger partial charge in [0.25, 0.3) is 0 Å². The highest BCUT2D eigenvalue weighted by Gasteiger charge is 2.13. The Morgan fingerprint density at radius 3 is 2.85 bits per heavy atom. The first-order chi connectivity index (χ1) is 9.56. The number of aromatic nitrogens is 3. The van der Waals surface area contributed by atoms with E-state index in [4.69, 9.17) is 16.7 Å². The van der Waals surface area contributed by atoms with Crippen LogP contribution in [0.15, 0.2) is 24.5 Å². The molecule has 0 atom stereocenters. The van der Waals surface area contributed by atoms with Gasteiger partial charge in [0.1, 0.15) is 12.2 Å². The molecule has 0 radical (unpaired) electrons. The maximum Gasteiger partial charge on any atom is 0.337 e. The lowest BCUT2D eigenvalue weighted by Gasteiger charge is -2.09. The summed E-state index contributed by atoms with van der Waals surface area (Å²) in [5, 5.41) is 20.5. The van der Waals surface area contributed by atoms with Crippen molar-refractivity contribution >= 4 is 29.3 Å². The van der Waals surface area contributed by atoms with Crippen molar-refractivity contribution in [3.05, 3.63) is 40.9 Å². The zero-order chi connectivity index (χ0) is 14.5. The third kappa shape index (κ3) is 3.45. The number of hydrogen-bond donors (Lipinski definition) is 4. The summed E-state index contributed by atoms with van der Waals surface area (Å²) in [6, 6.07) is 3.53. The number of carbonyl (C=O) groups excluding carboxylic acids is 1. The van der Waals surface area contributed by atoms with Crippen molar-refractivity contribution in [2.24, 2.45) is 0 Å². The van der Waals surface area contributed by atoms with Crippen molar-refractivity contribution in [3.63, 3.8) is 0 Å². The summed E-state index contributed by atoms with van der Waals surface area (Å²) in [5.41, 5.74) is 0.0595. The molecule has 2 aromatic rings. The van der Waals surface area contributed by atoms with Gasteiger partial charge in [0.15, 0.2) is 0 Å². The van der Waals surface area contributed by atoms with Gasteiger partial charge in [-0.15, -0.1) is 0 Å². The highest BCUT2D eigenvalue weighted by molar-refractivity contribution is 6.31. The predicted molar refractivity (Wildman–Crippen MR) is 70.7 cm³/mol. The monoisotopic (exact) mass is 295 g/mol. The van der Waals surface area contributed by atoms with Crippen LogP contribution < -0.4 is 10.6 Å². The fourth-order valence-corrected chi connectivity index (χ4v) is 1.62. The van der Waals surface area contributed by atoms with Crippen LogP contribution in [0.4, 0.5) is 10.5 Å². The molecule has 0 spiro atoms. The maximum absolute atomic E-state index is 11.7. The molecular weight excluding hydrogens is 286 g/mol. The van der Waals surface area contributed by atoms with E-state index in [-0.39, 0.29) is 17.8 Å². The molecular formula is C11H10ClN5O3. The summed E-state index contributed by atoms with van der Waals surface area (Å²) in [7, 11) is 0. The Hall–Kier alpha value is -2.61. The van der Waals surface area contributed by atoms with Crippen molar-refractivity contribution in [1.29, 1.82) is 0 Å². The molecule has 0 aliphatic carbocycles. The lowest BCUT2D eigenvalue weighted by atomic mass is 10.2. The van der Waals surface area contributed by atoms with Crippen LogP contribution in [-0.2, 0) is 6.54 Å². The molecule has 0 fully saturated rings. The molecule has 1 aromatic heterocycles. The SMILES string of the molecule is O=C(NCc1ncn[nH]1)Nc1cc(Cl)ccc1C(=O)O. The number of H-pyrrole nitrogens is 1. The number of halogens is 1. The van der Waals surface area contributed by atoms with Crippen molar-refractivity contribution in [3.8, 4) is 0 Å². The smallest absolute Gasteiger partial charge is 0.337 e. The molecule has 4 N–H and O–H groups in total. The van der Waals surface area contributed by atoms with E-state index in [1.165, 1.54) is 24.5 Å². The quantitative estimate of drug-likeness (QED) is 0.681. The lowest BCUT2D eigenvalue weighted by molar-refractivity contribution is 0.0698. The molecule has 0 saturated heterocycles. The lowest BCUT2D eigenvalue weighted by Crippen LogP contribution is -2.29. The van der Waals surface area contributed by atoms with Crippen LogP contribution in [0.5, 0.6) is 0 Å². The average Bonchev–Trinajstić information content (AvgIpc) is 2.89. The van der Waals surface area contributed by atoms with Gasteiger partial charge in [0.2, 0.25) is 0 Å². The summed E-state index contributed by atoms with van der Waals surface area (Å²) in [6.07, 6.45) is 1.31. The standard InChI is InChI=1S/C11H10ClN5O3/c12-6-1-2-7(10(18)19)8(3-6)16-11(20)13-4-9-14-5-15-17-9/h1-3,5H,4H2,(H,18,19)(H2,13,16,20)(H,14,15,17). The van der Waals surface area contributed by atoms with E-state index >= 15 is 0 Å². The Balaban J connectivity index is 2.03. The van der Waals surface area contributed by atoms with Gasteiger partial charge in [-0.2, -0.15) is 5.10 Å². The predicted octanol–water partition coefficient (Wildman–Crippen LogP) is 1.48. The Kier molecular flexibility index (Phi) is 4.16. The molecule has 1 aromatic carbocycles. The number of anilines is 1. The van der Waals surface area contributed by atoms with Gasteiger partial charge >= 0.3 is 12.0 Å². The number of carboxylic acid groups (broad SMARTS) is 1. The summed E-state index contributed by atoms with van der Waals surface area (Å²) in [5.74, 6) is -0.683. The Labute approximate surface area is 118 Å². The minimum absolute atomic E-state index is 0.0517. The van der Waals surface area contributed by atoms with Crippen LogP contribution in [0.25, 0.3) is 0 Å². The number of hydrogen-bond acceptors (Lipinski definition) is 4. The van der Waals surface area contributed by atoms with Gasteiger partial charge < -0.3 is 15.7 Å². The van der Waals surface area contributed by atoms with Gasteiger partial charge in [-0.1, -0.05) is 11.6 Å². The molecule has 0 bridgehead atoms. The minimum Gasteiger partial charge on any atom is -0.478 e. The average molecular weight is 296 g/mol. The first-order valence-corrected chi connectivity index (χ1v) is 5.86. The minimum atomic E-state index is -1.16. The third-order valence-electron chi connectivity index (χ3n) is 2.34. The van der Waals surface area contributed by atoms with E-state index in [0.29, 0.717) is 10.8 Å². The topological polar surface area (TPSA) is 120 Å². The van der Waals surface area contributed by atoms with Gasteiger partial charge in [0, 0.05) is 5.02 Å². The number of nitrogens with zero attached hydrogens (tertiary/aromatic N) is 2. The Morgan fingerprint density at radius 1 is 1.40 bits per heavy atom. The van der Waals surface area contributed by atoms with Crippen LogP contribution in [0.2, 0.25) is 5.02 Å². The summed E-state index contributed by atoms with van der Waals surface area (Å²) < 4.78 is 0. The molecule has 2 rings (SSSR count). The number of amides is 2. The largest absolute Gasteiger partial charge is 0.478 e. The summed E-state index contributed by atoms with van der Waals surface area (Å²) >= 11 is 5.78. The first kappa shape index (κ1) is 13.8. The van der Waals surface area contributed by atoms with Gasteiger partial charge in [-0.25, -0.2) is 14.6 Å². The molecule has 8 nitrogen and oxygen atoms in total. The van der Waals surface area contributed by atoms with Crippen LogP contribution in [-0.4, -0.2) is 32.3 Å². The summed E-state index contributed by atoms with van der Waals surface area (Å²) in [4.78, 5) is 26.5. The number of benzene rings is 1. The van der Waals surface area contributed by atoms with Gasteiger partial charge in [0.05, 0.1) is 17.8 Å². The maximum atomic E-state index is 11.7. The molecule has 0 saturated carbocycles. The molecule has 0 aliphatic heterocycles. The molecule has 20 heavy (non-hydrogen) atoms. The van der Waals surface area contributed by atoms with Crippen molar-refractivity contribution in [1.82, 2.24) is 20.5 Å². The number of rotatable bonds is 4. The van der Waals surface area contributed by atoms with Crippen LogP contribution >= 0.6 is 11.6 Å². The van der Waals surface area contributed by atoms with E-state index in [0.717, 1.165) is 0 Å². The number of urea groups is 1. The van der Waals surface area contributed by atoms with E-state index < -0.39 is 12.0 Å². The first-order valence-electron chi connectivity index (χ1n) is 5.48. The van der Waals surface area contributed by atoms with Crippen molar-refractivity contribution in [2.75, 3.05) is 5.32 Å². The zero-order valence-electron chi connectivity index (χ0n) is 10.1. The van der Waals surface area contributed by atoms with Crippen molar-refractivity contribution in [2.45, 2.75) is 6.54 Å². The second kappa shape index (κ2) is 6.02. The molecule has 9 heteroatoms. The fourth-order valence-electron chi connectivity index (χ4n) is 1.45. The van der Waals surface area contributed by atoms with E-state index in [1.807, 2.05) is 0 Å². The van der Waals surface area contributed by atoms with Gasteiger partial charge in [-0.3, -0.25) is 5.10 Å².